The lowest BCUT2D eigenvalue weighted by Gasteiger charge is -2.34. The summed E-state index contributed by atoms with van der Waals surface area (Å²) in [6.07, 6.45) is 2.96. The lowest BCUT2D eigenvalue weighted by Crippen LogP contribution is -2.42. The van der Waals surface area contributed by atoms with Gasteiger partial charge in [0.05, 0.1) is 0 Å². The van der Waals surface area contributed by atoms with Gasteiger partial charge in [-0.25, -0.2) is 0 Å². The molecular weight excluding hydrogens is 182 g/mol. The SMILES string of the molecule is C=CCC(NC)C(C)(C)c1ccccc1. The van der Waals surface area contributed by atoms with Gasteiger partial charge in [-0.05, 0) is 19.0 Å². The topological polar surface area (TPSA) is 12.0 Å². The Labute approximate surface area is 93.2 Å². The molecule has 0 aliphatic carbocycles. The Morgan fingerprint density at radius 1 is 1.33 bits per heavy atom. The number of likely N-dealkylation sites (N-methyl/N-ethyl adjacent to an activating group) is 1. The molecule has 1 heteroatoms. The molecule has 0 saturated carbocycles. The summed E-state index contributed by atoms with van der Waals surface area (Å²) in [6.45, 7) is 8.36. The number of nitrogens with one attached hydrogen (secondary N) is 1. The van der Waals surface area contributed by atoms with E-state index in [1.54, 1.807) is 0 Å². The largest absolute Gasteiger partial charge is 0.316 e. The van der Waals surface area contributed by atoms with Crippen molar-refractivity contribution >= 4 is 0 Å². The van der Waals surface area contributed by atoms with Crippen LogP contribution in [0.1, 0.15) is 25.8 Å². The van der Waals surface area contributed by atoms with Gasteiger partial charge in [0, 0.05) is 11.5 Å². The molecule has 0 heterocycles. The molecule has 1 rings (SSSR count). The quantitative estimate of drug-likeness (QED) is 0.725. The average Bonchev–Trinajstić information content (AvgIpc) is 2.27. The summed E-state index contributed by atoms with van der Waals surface area (Å²) < 4.78 is 0. The normalized spacial score (nSPS) is 13.5. The molecule has 0 spiro atoms. The van der Waals surface area contributed by atoms with Crippen molar-refractivity contribution in [1.82, 2.24) is 5.32 Å². The van der Waals surface area contributed by atoms with E-state index in [9.17, 15) is 0 Å². The Balaban J connectivity index is 2.94. The average molecular weight is 203 g/mol. The van der Waals surface area contributed by atoms with E-state index in [0.717, 1.165) is 6.42 Å². The molecule has 1 atom stereocenters. The predicted molar refractivity (Wildman–Crippen MR) is 67.1 cm³/mol. The molecule has 82 valence electrons. The monoisotopic (exact) mass is 203 g/mol. The highest BCUT2D eigenvalue weighted by Crippen LogP contribution is 2.28. The molecule has 15 heavy (non-hydrogen) atoms. The van der Waals surface area contributed by atoms with Crippen molar-refractivity contribution in [1.29, 1.82) is 0 Å². The summed E-state index contributed by atoms with van der Waals surface area (Å²) in [5, 5.41) is 3.37. The van der Waals surface area contributed by atoms with E-state index < -0.39 is 0 Å². The molecule has 0 aromatic heterocycles. The second-order valence-electron chi connectivity index (χ2n) is 4.45. The summed E-state index contributed by atoms with van der Waals surface area (Å²) >= 11 is 0. The van der Waals surface area contributed by atoms with Crippen LogP contribution >= 0.6 is 0 Å². The smallest absolute Gasteiger partial charge is 0.0190 e. The highest BCUT2D eigenvalue weighted by molar-refractivity contribution is 5.26. The second kappa shape index (κ2) is 5.13. The van der Waals surface area contributed by atoms with Gasteiger partial charge in [-0.15, -0.1) is 6.58 Å². The fraction of sp³-hybridized carbons (Fsp3) is 0.429. The molecule has 1 aromatic carbocycles. The van der Waals surface area contributed by atoms with Crippen molar-refractivity contribution in [2.45, 2.75) is 31.7 Å². The van der Waals surface area contributed by atoms with Crippen molar-refractivity contribution in [3.63, 3.8) is 0 Å². The molecule has 0 bridgehead atoms. The maximum absolute atomic E-state index is 3.82. The number of hydrogen-bond donors (Lipinski definition) is 1. The molecule has 0 aliphatic heterocycles. The number of hydrogen-bond acceptors (Lipinski definition) is 1. The van der Waals surface area contributed by atoms with Gasteiger partial charge in [0.15, 0.2) is 0 Å². The molecule has 0 amide bonds. The van der Waals surface area contributed by atoms with Crippen LogP contribution in [0.4, 0.5) is 0 Å². The van der Waals surface area contributed by atoms with Crippen LogP contribution in [0, 0.1) is 0 Å². The minimum Gasteiger partial charge on any atom is -0.316 e. The summed E-state index contributed by atoms with van der Waals surface area (Å²) in [6, 6.07) is 11.1. The molecule has 1 N–H and O–H groups in total. The van der Waals surface area contributed by atoms with Crippen LogP contribution in [-0.2, 0) is 5.41 Å². The van der Waals surface area contributed by atoms with Crippen molar-refractivity contribution < 1.29 is 0 Å². The fourth-order valence-corrected chi connectivity index (χ4v) is 2.01. The fourth-order valence-electron chi connectivity index (χ4n) is 2.01. The third-order valence-corrected chi connectivity index (χ3v) is 3.14. The zero-order chi connectivity index (χ0) is 11.3. The minimum absolute atomic E-state index is 0.129. The summed E-state index contributed by atoms with van der Waals surface area (Å²) in [4.78, 5) is 0. The summed E-state index contributed by atoms with van der Waals surface area (Å²) in [5.74, 6) is 0. The zero-order valence-electron chi connectivity index (χ0n) is 9.96. The van der Waals surface area contributed by atoms with Crippen LogP contribution < -0.4 is 5.32 Å². The number of rotatable bonds is 5. The lowest BCUT2D eigenvalue weighted by atomic mass is 9.76. The summed E-state index contributed by atoms with van der Waals surface area (Å²) in [7, 11) is 2.01. The Morgan fingerprint density at radius 2 is 1.93 bits per heavy atom. The Hall–Kier alpha value is -1.08. The minimum atomic E-state index is 0.129. The highest BCUT2D eigenvalue weighted by Gasteiger charge is 2.28. The van der Waals surface area contributed by atoms with E-state index in [0.29, 0.717) is 6.04 Å². The first-order valence-electron chi connectivity index (χ1n) is 5.46. The van der Waals surface area contributed by atoms with Gasteiger partial charge in [0.1, 0.15) is 0 Å². The van der Waals surface area contributed by atoms with Gasteiger partial charge >= 0.3 is 0 Å². The molecule has 0 radical (unpaired) electrons. The number of benzene rings is 1. The third-order valence-electron chi connectivity index (χ3n) is 3.14. The standard InChI is InChI=1S/C14H21N/c1-5-9-13(15-4)14(2,3)12-10-7-6-8-11-12/h5-8,10-11,13,15H,1,9H2,2-4H3. The van der Waals surface area contributed by atoms with Crippen LogP contribution in [0.2, 0.25) is 0 Å². The Morgan fingerprint density at radius 3 is 2.40 bits per heavy atom. The molecule has 1 nitrogen and oxygen atoms in total. The Bertz CT molecular complexity index is 300. The van der Waals surface area contributed by atoms with Gasteiger partial charge in [0.25, 0.3) is 0 Å². The molecule has 0 fully saturated rings. The third kappa shape index (κ3) is 2.69. The van der Waals surface area contributed by atoms with Gasteiger partial charge in [-0.2, -0.15) is 0 Å². The highest BCUT2D eigenvalue weighted by atomic mass is 14.9. The van der Waals surface area contributed by atoms with E-state index >= 15 is 0 Å². The first kappa shape index (κ1) is 12.0. The van der Waals surface area contributed by atoms with Crippen LogP contribution in [0.15, 0.2) is 43.0 Å². The summed E-state index contributed by atoms with van der Waals surface area (Å²) in [5.41, 5.74) is 1.50. The van der Waals surface area contributed by atoms with Gasteiger partial charge < -0.3 is 5.32 Å². The molecule has 1 unspecified atom stereocenters. The maximum Gasteiger partial charge on any atom is 0.0190 e. The van der Waals surface area contributed by atoms with Gasteiger partial charge in [0.2, 0.25) is 0 Å². The van der Waals surface area contributed by atoms with Crippen molar-refractivity contribution in [3.05, 3.63) is 48.6 Å². The lowest BCUT2D eigenvalue weighted by molar-refractivity contribution is 0.361. The van der Waals surface area contributed by atoms with Crippen molar-refractivity contribution in [3.8, 4) is 0 Å². The zero-order valence-corrected chi connectivity index (χ0v) is 9.96. The van der Waals surface area contributed by atoms with Crippen LogP contribution in [-0.4, -0.2) is 13.1 Å². The molecule has 0 saturated heterocycles. The first-order valence-corrected chi connectivity index (χ1v) is 5.46. The van der Waals surface area contributed by atoms with Gasteiger partial charge in [-0.3, -0.25) is 0 Å². The van der Waals surface area contributed by atoms with E-state index in [2.05, 4.69) is 56.1 Å². The van der Waals surface area contributed by atoms with Crippen LogP contribution in [0.3, 0.4) is 0 Å². The molecule has 1 aromatic rings. The Kier molecular flexibility index (Phi) is 4.10. The predicted octanol–water partition coefficient (Wildman–Crippen LogP) is 3.13. The molecular formula is C14H21N. The van der Waals surface area contributed by atoms with E-state index in [1.165, 1.54) is 5.56 Å². The van der Waals surface area contributed by atoms with Crippen LogP contribution in [0.25, 0.3) is 0 Å². The second-order valence-corrected chi connectivity index (χ2v) is 4.45. The van der Waals surface area contributed by atoms with E-state index in [4.69, 9.17) is 0 Å². The van der Waals surface area contributed by atoms with E-state index in [-0.39, 0.29) is 5.41 Å². The van der Waals surface area contributed by atoms with E-state index in [1.807, 2.05) is 13.1 Å². The maximum atomic E-state index is 3.82. The van der Waals surface area contributed by atoms with Crippen LogP contribution in [0.5, 0.6) is 0 Å². The molecule has 0 aliphatic rings. The first-order chi connectivity index (χ1) is 7.12. The van der Waals surface area contributed by atoms with Crippen molar-refractivity contribution in [2.75, 3.05) is 7.05 Å². The van der Waals surface area contributed by atoms with Gasteiger partial charge in [-0.1, -0.05) is 50.3 Å². The van der Waals surface area contributed by atoms with Crippen molar-refractivity contribution in [2.24, 2.45) is 0 Å².